The Kier molecular flexibility index (Phi) is 7.44. The zero-order chi connectivity index (χ0) is 35.2. The molecule has 8 nitrogen and oxygen atoms in total. The summed E-state index contributed by atoms with van der Waals surface area (Å²) in [6, 6.07) is 25.5. The number of halogens is 3. The standard InChI is InChI=1S/C38H28F3N3O5S2/c39-38(40,41)25-7-3-4-8-26(25)44-35(46)30-23-16-24(31(30)36(44)47)32-29(23)28(33-34(50-32)43-37(48)51-33)19-10-13-22(14-11-19)49-17-27(45)42-21-12-9-18-5-1-2-6-20(18)15-21/h1-15,23-24,28-32H,16-17H2,(H,42,45)(H,43,48)/t23-,24-,28-,29?,30?,31?,32?/m1/s1. The molecule has 13 heteroatoms. The van der Waals surface area contributed by atoms with E-state index in [4.69, 9.17) is 4.74 Å². The number of amides is 3. The van der Waals surface area contributed by atoms with E-state index in [0.29, 0.717) is 17.9 Å². The molecule has 2 saturated carbocycles. The largest absolute Gasteiger partial charge is 0.484 e. The summed E-state index contributed by atoms with van der Waals surface area (Å²) in [7, 11) is 0. The summed E-state index contributed by atoms with van der Waals surface area (Å²) >= 11 is 2.62. The number of alkyl halides is 3. The van der Waals surface area contributed by atoms with Gasteiger partial charge in [-0.25, -0.2) is 4.90 Å². The first-order chi connectivity index (χ1) is 24.6. The van der Waals surface area contributed by atoms with Gasteiger partial charge in [-0.1, -0.05) is 65.9 Å². The van der Waals surface area contributed by atoms with Gasteiger partial charge >= 0.3 is 11.0 Å². The number of thioether (sulfide) groups is 1. The average Bonchev–Trinajstić information content (AvgIpc) is 3.86. The maximum Gasteiger partial charge on any atom is 0.418 e. The predicted molar refractivity (Wildman–Crippen MR) is 187 cm³/mol. The quantitative estimate of drug-likeness (QED) is 0.178. The van der Waals surface area contributed by atoms with E-state index in [2.05, 4.69) is 10.3 Å². The number of aromatic nitrogens is 1. The van der Waals surface area contributed by atoms with Gasteiger partial charge in [0.05, 0.1) is 28.1 Å². The molecule has 3 heterocycles. The SMILES string of the molecule is O=C(COc1ccc([C@H]2c3sc(=O)[nH]c3SC3C2[C@H]2C[C@@H]3C3C(=O)N(c4ccccc4C(F)(F)F)C(=O)C32)cc1)Nc1ccc2ccccc2c1. The Morgan fingerprint density at radius 3 is 2.35 bits per heavy atom. The number of aromatic amines is 1. The van der Waals surface area contributed by atoms with Crippen LogP contribution < -0.4 is 19.8 Å². The van der Waals surface area contributed by atoms with Gasteiger partial charge in [-0.3, -0.25) is 19.2 Å². The van der Waals surface area contributed by atoms with Crippen LogP contribution in [-0.2, 0) is 20.6 Å². The fraction of sp³-hybridized carbons (Fsp3) is 0.263. The van der Waals surface area contributed by atoms with E-state index >= 15 is 0 Å². The fourth-order valence-electron chi connectivity index (χ4n) is 8.92. The maximum atomic E-state index is 14.0. The number of carbonyl (C=O) groups excluding carboxylic acids is 3. The molecule has 0 radical (unpaired) electrons. The Labute approximate surface area is 297 Å². The van der Waals surface area contributed by atoms with Gasteiger partial charge in [-0.05, 0) is 76.9 Å². The van der Waals surface area contributed by atoms with Crippen LogP contribution in [0.3, 0.4) is 0 Å². The van der Waals surface area contributed by atoms with Gasteiger partial charge in [0.2, 0.25) is 11.8 Å². The number of anilines is 2. The monoisotopic (exact) mass is 727 g/mol. The molecule has 9 rings (SSSR count). The van der Waals surface area contributed by atoms with E-state index in [1.807, 2.05) is 54.6 Å². The van der Waals surface area contributed by atoms with Crippen molar-refractivity contribution in [1.29, 1.82) is 0 Å². The number of benzene rings is 4. The van der Waals surface area contributed by atoms with Crippen LogP contribution in [0.25, 0.3) is 10.8 Å². The fourth-order valence-corrected chi connectivity index (χ4v) is 11.8. The molecule has 4 aromatic carbocycles. The summed E-state index contributed by atoms with van der Waals surface area (Å²) in [5.41, 5.74) is 0.102. The van der Waals surface area contributed by atoms with Crippen LogP contribution in [0.4, 0.5) is 24.5 Å². The lowest BCUT2D eigenvalue weighted by Crippen LogP contribution is -2.42. The first-order valence-corrected chi connectivity index (χ1v) is 18.2. The number of hydrogen-bond acceptors (Lipinski definition) is 7. The van der Waals surface area contributed by atoms with Gasteiger partial charge in [0.15, 0.2) is 6.61 Å². The summed E-state index contributed by atoms with van der Waals surface area (Å²) in [5.74, 6) is -3.39. The van der Waals surface area contributed by atoms with Crippen LogP contribution >= 0.6 is 23.1 Å². The van der Waals surface area contributed by atoms with Crippen molar-refractivity contribution in [3.05, 3.63) is 117 Å². The first kappa shape index (κ1) is 32.1. The second kappa shape index (κ2) is 11.8. The predicted octanol–water partition coefficient (Wildman–Crippen LogP) is 7.30. The van der Waals surface area contributed by atoms with Gasteiger partial charge in [-0.15, -0.1) is 11.8 Å². The minimum absolute atomic E-state index is 0.122. The molecule has 51 heavy (non-hydrogen) atoms. The van der Waals surface area contributed by atoms with E-state index in [0.717, 1.165) is 48.5 Å². The van der Waals surface area contributed by atoms with Crippen LogP contribution in [0.5, 0.6) is 5.75 Å². The summed E-state index contributed by atoms with van der Waals surface area (Å²) in [5, 5.41) is 5.53. The number of thiazole rings is 1. The molecule has 5 aromatic rings. The van der Waals surface area contributed by atoms with E-state index in [9.17, 15) is 32.3 Å². The lowest BCUT2D eigenvalue weighted by molar-refractivity contribution is -0.137. The highest BCUT2D eigenvalue weighted by molar-refractivity contribution is 8.00. The molecule has 4 unspecified atom stereocenters. The van der Waals surface area contributed by atoms with Crippen molar-refractivity contribution in [1.82, 2.24) is 4.98 Å². The lowest BCUT2D eigenvalue weighted by Gasteiger charge is -2.43. The smallest absolute Gasteiger partial charge is 0.418 e. The number of hydrogen-bond donors (Lipinski definition) is 2. The second-order valence-corrected chi connectivity index (χ2v) is 15.7. The van der Waals surface area contributed by atoms with Crippen LogP contribution in [0.2, 0.25) is 0 Å². The molecule has 2 bridgehead atoms. The first-order valence-electron chi connectivity index (χ1n) is 16.5. The molecule has 7 atom stereocenters. The lowest BCUT2D eigenvalue weighted by atomic mass is 9.68. The van der Waals surface area contributed by atoms with E-state index in [1.165, 1.54) is 30.0 Å². The molecule has 3 amide bonds. The summed E-state index contributed by atoms with van der Waals surface area (Å²) in [6.07, 6.45) is -4.13. The Bertz CT molecular complexity index is 2300. The summed E-state index contributed by atoms with van der Waals surface area (Å²) in [4.78, 5) is 57.6. The maximum absolute atomic E-state index is 14.0. The van der Waals surface area contributed by atoms with Crippen molar-refractivity contribution in [3.8, 4) is 5.75 Å². The molecule has 2 aliphatic heterocycles. The molecule has 258 valence electrons. The highest BCUT2D eigenvalue weighted by Crippen LogP contribution is 2.69. The topological polar surface area (TPSA) is 109 Å². The van der Waals surface area contributed by atoms with Crippen LogP contribution in [0.1, 0.15) is 28.3 Å². The number of nitrogens with one attached hydrogen (secondary N) is 2. The minimum Gasteiger partial charge on any atom is -0.484 e. The van der Waals surface area contributed by atoms with Gasteiger partial charge in [0.1, 0.15) is 5.75 Å². The Hall–Kier alpha value is -4.88. The number of rotatable bonds is 6. The van der Waals surface area contributed by atoms with Crippen molar-refractivity contribution in [2.75, 3.05) is 16.8 Å². The molecule has 2 N–H and O–H groups in total. The molecule has 2 aliphatic carbocycles. The van der Waals surface area contributed by atoms with E-state index in [1.54, 1.807) is 12.1 Å². The zero-order valence-electron chi connectivity index (χ0n) is 26.6. The molecule has 0 spiro atoms. The van der Waals surface area contributed by atoms with Crippen LogP contribution in [-0.4, -0.2) is 34.6 Å². The van der Waals surface area contributed by atoms with Crippen molar-refractivity contribution in [3.63, 3.8) is 0 Å². The Balaban J connectivity index is 0.967. The highest BCUT2D eigenvalue weighted by Gasteiger charge is 2.70. The van der Waals surface area contributed by atoms with Crippen molar-refractivity contribution in [2.45, 2.75) is 28.8 Å². The second-order valence-electron chi connectivity index (χ2n) is 13.5. The average molecular weight is 728 g/mol. The zero-order valence-corrected chi connectivity index (χ0v) is 28.2. The van der Waals surface area contributed by atoms with Crippen LogP contribution in [0, 0.1) is 29.6 Å². The molecule has 3 fully saturated rings. The van der Waals surface area contributed by atoms with Gasteiger partial charge in [0, 0.05) is 21.7 Å². The van der Waals surface area contributed by atoms with E-state index in [-0.39, 0.29) is 46.3 Å². The van der Waals surface area contributed by atoms with Crippen molar-refractivity contribution < 1.29 is 32.3 Å². The van der Waals surface area contributed by atoms with E-state index < -0.39 is 41.1 Å². The molecular formula is C38H28F3N3O5S2. The molecular weight excluding hydrogens is 700 g/mol. The van der Waals surface area contributed by atoms with Gasteiger partial charge in [-0.2, -0.15) is 13.2 Å². The summed E-state index contributed by atoms with van der Waals surface area (Å²) in [6.45, 7) is -0.211. The Morgan fingerprint density at radius 2 is 1.59 bits per heavy atom. The molecule has 1 aromatic heterocycles. The van der Waals surface area contributed by atoms with Crippen molar-refractivity contribution in [2.24, 2.45) is 29.6 Å². The molecule has 4 aliphatic rings. The minimum atomic E-state index is -4.74. The van der Waals surface area contributed by atoms with Gasteiger partial charge in [0.25, 0.3) is 5.91 Å². The van der Waals surface area contributed by atoms with Gasteiger partial charge < -0.3 is 15.0 Å². The third-order valence-corrected chi connectivity index (χ3v) is 13.4. The highest BCUT2D eigenvalue weighted by atomic mass is 32.2. The number of carbonyl (C=O) groups is 3. The number of fused-ring (bicyclic) bond motifs is 10. The van der Waals surface area contributed by atoms with Crippen molar-refractivity contribution >= 4 is 63.0 Å². The number of para-hydroxylation sites is 1. The molecule has 1 saturated heterocycles. The number of imide groups is 1. The number of ether oxygens (including phenoxy) is 1. The number of nitrogens with zero attached hydrogens (tertiary/aromatic N) is 1. The summed E-state index contributed by atoms with van der Waals surface area (Å²) < 4.78 is 47.8. The third-order valence-electron chi connectivity index (χ3n) is 10.8. The normalized spacial score (nSPS) is 26.3. The van der Waals surface area contributed by atoms with Crippen LogP contribution in [0.15, 0.2) is 101 Å². The number of H-pyrrole nitrogens is 1. The third kappa shape index (κ3) is 5.19. The Morgan fingerprint density at radius 1 is 0.882 bits per heavy atom.